The van der Waals surface area contributed by atoms with Crippen LogP contribution in [0.15, 0.2) is 65.5 Å². The van der Waals surface area contributed by atoms with Gasteiger partial charge in [-0.1, -0.05) is 23.8 Å². The Kier molecular flexibility index (Phi) is 3.85. The van der Waals surface area contributed by atoms with E-state index in [9.17, 15) is 9.90 Å². The van der Waals surface area contributed by atoms with Crippen molar-refractivity contribution in [3.63, 3.8) is 0 Å². The van der Waals surface area contributed by atoms with Crippen molar-refractivity contribution in [3.05, 3.63) is 72.2 Å². The maximum Gasteiger partial charge on any atom is 0.337 e. The highest BCUT2D eigenvalue weighted by Gasteiger charge is 2.17. The zero-order valence-corrected chi connectivity index (χ0v) is 13.9. The number of hydrogen-bond donors (Lipinski definition) is 2. The third-order valence-electron chi connectivity index (χ3n) is 4.10. The number of anilines is 2. The van der Waals surface area contributed by atoms with Gasteiger partial charge < -0.3 is 14.8 Å². The second-order valence-corrected chi connectivity index (χ2v) is 5.88. The number of fused-ring (bicyclic) bond motifs is 1. The van der Waals surface area contributed by atoms with Crippen LogP contribution in [0.2, 0.25) is 0 Å². The van der Waals surface area contributed by atoms with E-state index in [4.69, 9.17) is 4.42 Å². The van der Waals surface area contributed by atoms with Crippen LogP contribution < -0.4 is 5.32 Å². The van der Waals surface area contributed by atoms with Gasteiger partial charge >= 0.3 is 5.97 Å². The molecule has 0 atom stereocenters. The molecule has 0 fully saturated rings. The number of para-hydroxylation sites is 1. The number of rotatable bonds is 4. The molecule has 2 aromatic heterocycles. The molecule has 0 saturated heterocycles. The van der Waals surface area contributed by atoms with E-state index >= 15 is 0 Å². The van der Waals surface area contributed by atoms with E-state index in [1.165, 1.54) is 6.26 Å². The molecule has 0 spiro atoms. The number of carboxylic acid groups (broad SMARTS) is 1. The monoisotopic (exact) mass is 345 g/mol. The smallest absolute Gasteiger partial charge is 0.337 e. The lowest BCUT2D eigenvalue weighted by molar-refractivity contribution is 0.0698. The SMILES string of the molecule is Cc1ccc2ncc(-c3ncco3)c(Nc3ccccc3C(=O)O)c2c1. The normalized spacial score (nSPS) is 10.8. The van der Waals surface area contributed by atoms with Crippen molar-refractivity contribution in [2.24, 2.45) is 0 Å². The van der Waals surface area contributed by atoms with Gasteiger partial charge in [0, 0.05) is 11.6 Å². The fourth-order valence-corrected chi connectivity index (χ4v) is 2.87. The fraction of sp³-hybridized carbons (Fsp3) is 0.0500. The highest BCUT2D eigenvalue weighted by molar-refractivity contribution is 6.02. The molecule has 2 N–H and O–H groups in total. The van der Waals surface area contributed by atoms with Crippen molar-refractivity contribution in [2.45, 2.75) is 6.92 Å². The molecule has 6 nitrogen and oxygen atoms in total. The lowest BCUT2D eigenvalue weighted by atomic mass is 10.1. The second-order valence-electron chi connectivity index (χ2n) is 5.88. The standard InChI is InChI=1S/C20H15N3O3/c1-12-6-7-16-14(10-12)18(15(11-22-16)19-21-8-9-26-19)23-17-5-3-2-4-13(17)20(24)25/h2-11H,1H3,(H,22,23)(H,24,25). The number of carboxylic acids is 1. The maximum absolute atomic E-state index is 11.6. The lowest BCUT2D eigenvalue weighted by Crippen LogP contribution is -2.04. The van der Waals surface area contributed by atoms with Crippen molar-refractivity contribution < 1.29 is 14.3 Å². The zero-order chi connectivity index (χ0) is 18.1. The third kappa shape index (κ3) is 2.77. The van der Waals surface area contributed by atoms with E-state index in [0.29, 0.717) is 22.8 Å². The topological polar surface area (TPSA) is 88.3 Å². The van der Waals surface area contributed by atoms with Crippen LogP contribution in [-0.2, 0) is 0 Å². The largest absolute Gasteiger partial charge is 0.478 e. The Balaban J connectivity index is 1.96. The van der Waals surface area contributed by atoms with Crippen LogP contribution in [0.1, 0.15) is 15.9 Å². The van der Waals surface area contributed by atoms with Crippen molar-refractivity contribution >= 4 is 28.2 Å². The quantitative estimate of drug-likeness (QED) is 0.560. The summed E-state index contributed by atoms with van der Waals surface area (Å²) in [6.45, 7) is 1.99. The van der Waals surface area contributed by atoms with E-state index in [-0.39, 0.29) is 5.56 Å². The predicted molar refractivity (Wildman–Crippen MR) is 98.7 cm³/mol. The molecule has 0 radical (unpaired) electrons. The van der Waals surface area contributed by atoms with Gasteiger partial charge in [0.15, 0.2) is 0 Å². The predicted octanol–water partition coefficient (Wildman–Crippen LogP) is 4.64. The molecule has 0 aliphatic carbocycles. The van der Waals surface area contributed by atoms with Crippen LogP contribution in [-0.4, -0.2) is 21.0 Å². The average molecular weight is 345 g/mol. The number of hydrogen-bond acceptors (Lipinski definition) is 5. The van der Waals surface area contributed by atoms with E-state index in [1.54, 1.807) is 36.7 Å². The highest BCUT2D eigenvalue weighted by atomic mass is 16.4. The molecule has 0 amide bonds. The first-order valence-electron chi connectivity index (χ1n) is 8.02. The van der Waals surface area contributed by atoms with Gasteiger partial charge in [-0.3, -0.25) is 4.98 Å². The first-order chi connectivity index (χ1) is 12.6. The number of pyridine rings is 1. The summed E-state index contributed by atoms with van der Waals surface area (Å²) in [7, 11) is 0. The molecule has 0 aliphatic heterocycles. The van der Waals surface area contributed by atoms with Crippen LogP contribution in [0.4, 0.5) is 11.4 Å². The summed E-state index contributed by atoms with van der Waals surface area (Å²) in [5.74, 6) is -0.587. The average Bonchev–Trinajstić information content (AvgIpc) is 3.17. The molecule has 26 heavy (non-hydrogen) atoms. The summed E-state index contributed by atoms with van der Waals surface area (Å²) in [5.41, 5.74) is 3.90. The number of benzene rings is 2. The van der Waals surface area contributed by atoms with Gasteiger partial charge in [-0.2, -0.15) is 0 Å². The van der Waals surface area contributed by atoms with E-state index in [2.05, 4.69) is 15.3 Å². The van der Waals surface area contributed by atoms with E-state index in [1.807, 2.05) is 25.1 Å². The van der Waals surface area contributed by atoms with Gasteiger partial charge in [0.25, 0.3) is 0 Å². The van der Waals surface area contributed by atoms with Gasteiger partial charge in [-0.15, -0.1) is 0 Å². The highest BCUT2D eigenvalue weighted by Crippen LogP contribution is 2.36. The Hall–Kier alpha value is -3.67. The summed E-state index contributed by atoms with van der Waals surface area (Å²) in [4.78, 5) is 20.3. The van der Waals surface area contributed by atoms with Crippen LogP contribution in [0.3, 0.4) is 0 Å². The minimum atomic E-state index is -1.000. The molecule has 0 bridgehead atoms. The van der Waals surface area contributed by atoms with E-state index < -0.39 is 5.97 Å². The molecule has 2 heterocycles. The third-order valence-corrected chi connectivity index (χ3v) is 4.10. The number of carbonyl (C=O) groups is 1. The Bertz CT molecular complexity index is 1100. The van der Waals surface area contributed by atoms with Crippen LogP contribution in [0.5, 0.6) is 0 Å². The van der Waals surface area contributed by atoms with Crippen molar-refractivity contribution in [2.75, 3.05) is 5.32 Å². The molecule has 0 saturated carbocycles. The van der Waals surface area contributed by atoms with Gasteiger partial charge in [0.05, 0.1) is 34.2 Å². The van der Waals surface area contributed by atoms with Crippen molar-refractivity contribution in [1.29, 1.82) is 0 Å². The Morgan fingerprint density at radius 1 is 1.15 bits per heavy atom. The fourth-order valence-electron chi connectivity index (χ4n) is 2.87. The second kappa shape index (κ2) is 6.33. The Morgan fingerprint density at radius 2 is 2.00 bits per heavy atom. The Morgan fingerprint density at radius 3 is 2.77 bits per heavy atom. The van der Waals surface area contributed by atoms with Gasteiger partial charge in [0.1, 0.15) is 6.26 Å². The summed E-state index contributed by atoms with van der Waals surface area (Å²) < 4.78 is 5.45. The van der Waals surface area contributed by atoms with Crippen LogP contribution in [0.25, 0.3) is 22.4 Å². The minimum absolute atomic E-state index is 0.184. The summed E-state index contributed by atoms with van der Waals surface area (Å²) in [6.07, 6.45) is 4.73. The molecular weight excluding hydrogens is 330 g/mol. The molecule has 6 heteroatoms. The zero-order valence-electron chi connectivity index (χ0n) is 13.9. The summed E-state index contributed by atoms with van der Waals surface area (Å²) >= 11 is 0. The maximum atomic E-state index is 11.6. The molecule has 0 aliphatic rings. The first kappa shape index (κ1) is 15.8. The van der Waals surface area contributed by atoms with E-state index in [0.717, 1.165) is 16.5 Å². The molecule has 0 unspecified atom stereocenters. The lowest BCUT2D eigenvalue weighted by Gasteiger charge is -2.15. The van der Waals surface area contributed by atoms with Gasteiger partial charge in [0.2, 0.25) is 5.89 Å². The molecule has 2 aromatic carbocycles. The number of aryl methyl sites for hydroxylation is 1. The number of oxazole rings is 1. The molecule has 128 valence electrons. The number of aromatic nitrogens is 2. The minimum Gasteiger partial charge on any atom is -0.478 e. The summed E-state index contributed by atoms with van der Waals surface area (Å²) in [5, 5.41) is 13.6. The van der Waals surface area contributed by atoms with Gasteiger partial charge in [-0.05, 0) is 31.2 Å². The number of aromatic carboxylic acids is 1. The van der Waals surface area contributed by atoms with Crippen molar-refractivity contribution in [3.8, 4) is 11.5 Å². The Labute approximate surface area is 149 Å². The first-order valence-corrected chi connectivity index (χ1v) is 8.02. The molecular formula is C20H15N3O3. The molecule has 4 rings (SSSR count). The number of nitrogens with zero attached hydrogens (tertiary/aromatic N) is 2. The van der Waals surface area contributed by atoms with Gasteiger partial charge in [-0.25, -0.2) is 9.78 Å². The van der Waals surface area contributed by atoms with Crippen LogP contribution in [0, 0.1) is 6.92 Å². The molecule has 4 aromatic rings. The van der Waals surface area contributed by atoms with Crippen molar-refractivity contribution in [1.82, 2.24) is 9.97 Å². The number of nitrogens with one attached hydrogen (secondary N) is 1. The summed E-state index contributed by atoms with van der Waals surface area (Å²) in [6, 6.07) is 12.7. The van der Waals surface area contributed by atoms with Crippen LogP contribution >= 0.6 is 0 Å².